The maximum absolute atomic E-state index is 12.8. The van der Waals surface area contributed by atoms with Crippen molar-refractivity contribution in [2.24, 2.45) is 0 Å². The fourth-order valence-corrected chi connectivity index (χ4v) is 0.807. The number of nitrogen functional groups attached to an aromatic ring is 1. The van der Waals surface area contributed by atoms with Crippen molar-refractivity contribution in [3.8, 4) is 5.75 Å². The van der Waals surface area contributed by atoms with Crippen LogP contribution in [0.3, 0.4) is 0 Å². The molecule has 0 aliphatic rings. The number of hydrogen-bond acceptors (Lipinski definition) is 3. The van der Waals surface area contributed by atoms with E-state index in [-0.39, 0.29) is 17.0 Å². The minimum Gasteiger partial charge on any atom is -0.506 e. The number of carbonyl (C=O) groups excluding carboxylic acids is 1. The number of halogens is 1. The van der Waals surface area contributed by atoms with Gasteiger partial charge in [0.25, 0.3) is 0 Å². The lowest BCUT2D eigenvalue weighted by atomic mass is 10.1. The summed E-state index contributed by atoms with van der Waals surface area (Å²) in [5.74, 6) is -1.50. The highest BCUT2D eigenvalue weighted by atomic mass is 19.1. The molecule has 0 aromatic heterocycles. The van der Waals surface area contributed by atoms with Gasteiger partial charge in [0.2, 0.25) is 0 Å². The number of benzene rings is 1. The van der Waals surface area contributed by atoms with Crippen LogP contribution in [0.4, 0.5) is 10.1 Å². The summed E-state index contributed by atoms with van der Waals surface area (Å²) in [6, 6.07) is 2.14. The zero-order chi connectivity index (χ0) is 9.30. The Balaban J connectivity index is 3.31. The Morgan fingerprint density at radius 3 is 2.58 bits per heavy atom. The number of anilines is 1. The van der Waals surface area contributed by atoms with E-state index in [1.54, 1.807) is 0 Å². The van der Waals surface area contributed by atoms with Crippen molar-refractivity contribution in [1.82, 2.24) is 0 Å². The van der Waals surface area contributed by atoms with Gasteiger partial charge in [-0.15, -0.1) is 0 Å². The van der Waals surface area contributed by atoms with Gasteiger partial charge >= 0.3 is 0 Å². The van der Waals surface area contributed by atoms with Crippen LogP contribution in [0.5, 0.6) is 5.75 Å². The molecule has 64 valence electrons. The topological polar surface area (TPSA) is 63.3 Å². The molecular weight excluding hydrogens is 161 g/mol. The van der Waals surface area contributed by atoms with E-state index in [2.05, 4.69) is 0 Å². The Kier molecular flexibility index (Phi) is 1.99. The van der Waals surface area contributed by atoms with Crippen molar-refractivity contribution in [2.45, 2.75) is 6.92 Å². The fraction of sp³-hybridized carbons (Fsp3) is 0.125. The Morgan fingerprint density at radius 1 is 1.58 bits per heavy atom. The predicted molar refractivity (Wildman–Crippen MR) is 42.5 cm³/mol. The maximum atomic E-state index is 12.8. The van der Waals surface area contributed by atoms with Gasteiger partial charge < -0.3 is 10.8 Å². The summed E-state index contributed by atoms with van der Waals surface area (Å²) in [5, 5.41) is 9.01. The van der Waals surface area contributed by atoms with Crippen LogP contribution in [0.1, 0.15) is 17.3 Å². The van der Waals surface area contributed by atoms with E-state index in [1.165, 1.54) is 6.92 Å². The van der Waals surface area contributed by atoms with Crippen molar-refractivity contribution < 1.29 is 14.3 Å². The van der Waals surface area contributed by atoms with Gasteiger partial charge in [0.15, 0.2) is 11.6 Å². The molecule has 0 saturated heterocycles. The van der Waals surface area contributed by atoms with Crippen molar-refractivity contribution in [2.75, 3.05) is 5.73 Å². The molecule has 0 bridgehead atoms. The maximum Gasteiger partial charge on any atom is 0.160 e. The van der Waals surface area contributed by atoms with E-state index in [0.717, 1.165) is 12.1 Å². The molecular formula is C8H8FNO2. The number of phenols is 1. The lowest BCUT2D eigenvalue weighted by Crippen LogP contribution is -1.97. The first-order valence-electron chi connectivity index (χ1n) is 3.31. The first-order valence-corrected chi connectivity index (χ1v) is 3.31. The molecule has 4 heteroatoms. The molecule has 1 rings (SSSR count). The first-order chi connectivity index (χ1) is 5.52. The number of ketones is 1. The third-order valence-electron chi connectivity index (χ3n) is 1.51. The molecule has 12 heavy (non-hydrogen) atoms. The Hall–Kier alpha value is -1.58. The van der Waals surface area contributed by atoms with E-state index < -0.39 is 11.6 Å². The monoisotopic (exact) mass is 169 g/mol. The third kappa shape index (κ3) is 1.37. The molecule has 0 amide bonds. The number of hydrogen-bond donors (Lipinski definition) is 2. The molecule has 0 unspecified atom stereocenters. The summed E-state index contributed by atoms with van der Waals surface area (Å²) in [4.78, 5) is 10.7. The Bertz CT molecular complexity index is 313. The first kappa shape index (κ1) is 8.52. The van der Waals surface area contributed by atoms with Crippen molar-refractivity contribution >= 4 is 11.5 Å². The van der Waals surface area contributed by atoms with E-state index in [0.29, 0.717) is 0 Å². The van der Waals surface area contributed by atoms with Crippen molar-refractivity contribution in [3.63, 3.8) is 0 Å². The van der Waals surface area contributed by atoms with Gasteiger partial charge in [0.05, 0.1) is 0 Å². The largest absolute Gasteiger partial charge is 0.506 e. The number of nitrogens with two attached hydrogens (primary N) is 1. The molecule has 0 atom stereocenters. The van der Waals surface area contributed by atoms with Crippen LogP contribution in [0.2, 0.25) is 0 Å². The van der Waals surface area contributed by atoms with Crippen LogP contribution in [0, 0.1) is 5.82 Å². The third-order valence-corrected chi connectivity index (χ3v) is 1.51. The predicted octanol–water partition coefficient (Wildman–Crippen LogP) is 1.32. The fourth-order valence-electron chi connectivity index (χ4n) is 0.807. The van der Waals surface area contributed by atoms with Crippen molar-refractivity contribution in [1.29, 1.82) is 0 Å². The second kappa shape index (κ2) is 2.81. The molecule has 0 aliphatic carbocycles. The molecule has 3 N–H and O–H groups in total. The second-order valence-electron chi connectivity index (χ2n) is 2.45. The van der Waals surface area contributed by atoms with Gasteiger partial charge in [0.1, 0.15) is 11.4 Å². The highest BCUT2D eigenvalue weighted by molar-refractivity contribution is 5.95. The molecule has 0 aliphatic heterocycles. The van der Waals surface area contributed by atoms with Crippen LogP contribution in [0.25, 0.3) is 0 Å². The average Bonchev–Trinajstić information content (AvgIpc) is 1.99. The van der Waals surface area contributed by atoms with Gasteiger partial charge in [-0.25, -0.2) is 4.39 Å². The van der Waals surface area contributed by atoms with Crippen LogP contribution in [-0.4, -0.2) is 10.9 Å². The molecule has 1 aromatic carbocycles. The number of rotatable bonds is 1. The van der Waals surface area contributed by atoms with Gasteiger partial charge in [-0.05, 0) is 19.1 Å². The molecule has 0 saturated carbocycles. The highest BCUT2D eigenvalue weighted by Crippen LogP contribution is 2.24. The van der Waals surface area contributed by atoms with Crippen LogP contribution < -0.4 is 5.73 Å². The van der Waals surface area contributed by atoms with Gasteiger partial charge in [-0.1, -0.05) is 0 Å². The molecule has 0 spiro atoms. The van der Waals surface area contributed by atoms with Crippen LogP contribution >= 0.6 is 0 Å². The SMILES string of the molecule is CC(=O)c1cc(O)c(N)c(F)c1. The standard InChI is InChI=1S/C8H8FNO2/c1-4(11)5-2-6(9)8(10)7(12)3-5/h2-3,12H,10H2,1H3. The van der Waals surface area contributed by atoms with Crippen LogP contribution in [0.15, 0.2) is 12.1 Å². The van der Waals surface area contributed by atoms with Gasteiger partial charge in [0, 0.05) is 5.56 Å². The smallest absolute Gasteiger partial charge is 0.160 e. The lowest BCUT2D eigenvalue weighted by molar-refractivity contribution is 0.101. The minimum atomic E-state index is -0.778. The molecule has 0 fully saturated rings. The Morgan fingerprint density at radius 2 is 2.17 bits per heavy atom. The summed E-state index contributed by atoms with van der Waals surface area (Å²) >= 11 is 0. The molecule has 1 aromatic rings. The molecule has 0 heterocycles. The zero-order valence-electron chi connectivity index (χ0n) is 6.47. The average molecular weight is 169 g/mol. The van der Waals surface area contributed by atoms with Gasteiger partial charge in [-0.3, -0.25) is 4.79 Å². The van der Waals surface area contributed by atoms with Crippen LogP contribution in [-0.2, 0) is 0 Å². The Labute approximate surface area is 68.6 Å². The summed E-state index contributed by atoms with van der Waals surface area (Å²) in [7, 11) is 0. The van der Waals surface area contributed by atoms with E-state index in [4.69, 9.17) is 10.8 Å². The minimum absolute atomic E-state index is 0.110. The van der Waals surface area contributed by atoms with Gasteiger partial charge in [-0.2, -0.15) is 0 Å². The number of phenolic OH excluding ortho intramolecular Hbond substituents is 1. The molecule has 3 nitrogen and oxygen atoms in total. The normalized spacial score (nSPS) is 9.83. The second-order valence-corrected chi connectivity index (χ2v) is 2.45. The summed E-state index contributed by atoms with van der Waals surface area (Å²) in [5.41, 5.74) is 4.89. The van der Waals surface area contributed by atoms with E-state index in [9.17, 15) is 9.18 Å². The lowest BCUT2D eigenvalue weighted by Gasteiger charge is -2.01. The summed E-state index contributed by atoms with van der Waals surface area (Å²) in [6.45, 7) is 1.28. The van der Waals surface area contributed by atoms with Crippen molar-refractivity contribution in [3.05, 3.63) is 23.5 Å². The number of aromatic hydroxyl groups is 1. The number of Topliss-reactive ketones (excluding diaryl/α,β-unsaturated/α-hetero) is 1. The highest BCUT2D eigenvalue weighted by Gasteiger charge is 2.08. The number of carbonyl (C=O) groups is 1. The summed E-state index contributed by atoms with van der Waals surface area (Å²) < 4.78 is 12.8. The van der Waals surface area contributed by atoms with E-state index >= 15 is 0 Å². The summed E-state index contributed by atoms with van der Waals surface area (Å²) in [6.07, 6.45) is 0. The zero-order valence-corrected chi connectivity index (χ0v) is 6.47. The van der Waals surface area contributed by atoms with E-state index in [1.807, 2.05) is 0 Å². The quantitative estimate of drug-likeness (QED) is 0.378. The molecule has 0 radical (unpaired) electrons.